The third-order valence-corrected chi connectivity index (χ3v) is 5.66. The molecule has 0 saturated heterocycles. The molecule has 5 nitrogen and oxygen atoms in total. The van der Waals surface area contributed by atoms with Crippen LogP contribution >= 0.6 is 11.8 Å². The van der Waals surface area contributed by atoms with Crippen molar-refractivity contribution >= 4 is 23.6 Å². The number of ether oxygens (including phenoxy) is 1. The summed E-state index contributed by atoms with van der Waals surface area (Å²) in [5.74, 6) is 1.98. The van der Waals surface area contributed by atoms with Crippen molar-refractivity contribution in [1.29, 1.82) is 0 Å². The van der Waals surface area contributed by atoms with Crippen molar-refractivity contribution in [2.45, 2.75) is 39.1 Å². The van der Waals surface area contributed by atoms with Crippen LogP contribution in [-0.4, -0.2) is 42.2 Å². The number of hydrogen-bond donors (Lipinski definition) is 1. The van der Waals surface area contributed by atoms with Gasteiger partial charge >= 0.3 is 0 Å². The van der Waals surface area contributed by atoms with E-state index in [1.54, 1.807) is 30.7 Å². The SMILES string of the molecule is COc1cccc(CN(C(=O)CSCc2ccccc2)[C@@H](C)C(=O)NCC(C)C)c1. The summed E-state index contributed by atoms with van der Waals surface area (Å²) in [4.78, 5) is 27.4. The standard InChI is InChI=1S/C24H32N2O3S/c1-18(2)14-25-24(28)19(3)26(15-21-11-8-12-22(13-21)29-4)23(27)17-30-16-20-9-6-5-7-10-20/h5-13,18-19H,14-17H2,1-4H3,(H,25,28)/t19-/m0/s1. The largest absolute Gasteiger partial charge is 0.497 e. The molecule has 0 unspecified atom stereocenters. The Kier molecular flexibility index (Phi) is 9.74. The van der Waals surface area contributed by atoms with Crippen LogP contribution in [0.2, 0.25) is 0 Å². The van der Waals surface area contributed by atoms with Crippen LogP contribution in [0, 0.1) is 5.92 Å². The van der Waals surface area contributed by atoms with E-state index in [2.05, 4.69) is 5.32 Å². The van der Waals surface area contributed by atoms with Crippen LogP contribution in [0.3, 0.4) is 0 Å². The van der Waals surface area contributed by atoms with E-state index >= 15 is 0 Å². The quantitative estimate of drug-likeness (QED) is 0.585. The molecule has 30 heavy (non-hydrogen) atoms. The summed E-state index contributed by atoms with van der Waals surface area (Å²) in [7, 11) is 1.62. The van der Waals surface area contributed by atoms with Crippen molar-refractivity contribution in [3.63, 3.8) is 0 Å². The van der Waals surface area contributed by atoms with E-state index in [0.717, 1.165) is 17.1 Å². The highest BCUT2D eigenvalue weighted by atomic mass is 32.2. The maximum atomic E-state index is 13.1. The fourth-order valence-corrected chi connectivity index (χ4v) is 3.79. The van der Waals surface area contributed by atoms with Crippen LogP contribution in [0.1, 0.15) is 31.9 Å². The van der Waals surface area contributed by atoms with Gasteiger partial charge in [0.05, 0.1) is 12.9 Å². The average Bonchev–Trinajstić information content (AvgIpc) is 2.76. The molecule has 0 saturated carbocycles. The maximum absolute atomic E-state index is 13.1. The second kappa shape index (κ2) is 12.3. The van der Waals surface area contributed by atoms with Crippen LogP contribution < -0.4 is 10.1 Å². The highest BCUT2D eigenvalue weighted by Gasteiger charge is 2.26. The molecule has 0 spiro atoms. The summed E-state index contributed by atoms with van der Waals surface area (Å²) in [6.07, 6.45) is 0. The predicted molar refractivity (Wildman–Crippen MR) is 123 cm³/mol. The molecule has 0 aromatic heterocycles. The summed E-state index contributed by atoms with van der Waals surface area (Å²) < 4.78 is 5.30. The van der Waals surface area contributed by atoms with Gasteiger partial charge in [-0.15, -0.1) is 11.8 Å². The lowest BCUT2D eigenvalue weighted by Crippen LogP contribution is -2.48. The zero-order valence-corrected chi connectivity index (χ0v) is 19.1. The number of carbonyl (C=O) groups is 2. The minimum Gasteiger partial charge on any atom is -0.497 e. The fraction of sp³-hybridized carbons (Fsp3) is 0.417. The first kappa shape index (κ1) is 23.8. The van der Waals surface area contributed by atoms with Crippen molar-refractivity contribution < 1.29 is 14.3 Å². The first-order chi connectivity index (χ1) is 14.4. The molecule has 0 bridgehead atoms. The van der Waals surface area contributed by atoms with Gasteiger partial charge in [0, 0.05) is 18.8 Å². The molecule has 0 fully saturated rings. The molecule has 2 amide bonds. The van der Waals surface area contributed by atoms with Gasteiger partial charge in [-0.1, -0.05) is 56.3 Å². The number of rotatable bonds is 11. The smallest absolute Gasteiger partial charge is 0.242 e. The highest BCUT2D eigenvalue weighted by Crippen LogP contribution is 2.18. The summed E-state index contributed by atoms with van der Waals surface area (Å²) in [5, 5.41) is 2.94. The van der Waals surface area contributed by atoms with Gasteiger partial charge < -0.3 is 15.0 Å². The Hall–Kier alpha value is -2.47. The number of carbonyl (C=O) groups excluding carboxylic acids is 2. The fourth-order valence-electron chi connectivity index (χ4n) is 2.92. The molecule has 0 heterocycles. The van der Waals surface area contributed by atoms with Crippen molar-refractivity contribution in [1.82, 2.24) is 10.2 Å². The number of methoxy groups -OCH3 is 1. The number of benzene rings is 2. The predicted octanol–water partition coefficient (Wildman–Crippen LogP) is 4.12. The molecule has 0 aliphatic heterocycles. The number of thioether (sulfide) groups is 1. The normalized spacial score (nSPS) is 11.8. The molecule has 0 aliphatic carbocycles. The first-order valence-corrected chi connectivity index (χ1v) is 11.4. The third-order valence-electron chi connectivity index (χ3n) is 4.68. The van der Waals surface area contributed by atoms with Gasteiger partial charge in [-0.3, -0.25) is 9.59 Å². The molecule has 0 radical (unpaired) electrons. The molecule has 2 aromatic carbocycles. The van der Waals surface area contributed by atoms with E-state index in [-0.39, 0.29) is 11.8 Å². The lowest BCUT2D eigenvalue weighted by atomic mass is 10.1. The van der Waals surface area contributed by atoms with Crippen LogP contribution in [0.4, 0.5) is 0 Å². The van der Waals surface area contributed by atoms with Gasteiger partial charge in [0.25, 0.3) is 0 Å². The minimum atomic E-state index is -0.556. The third kappa shape index (κ3) is 7.75. The van der Waals surface area contributed by atoms with Gasteiger partial charge in [-0.05, 0) is 36.1 Å². The first-order valence-electron chi connectivity index (χ1n) is 10.2. The summed E-state index contributed by atoms with van der Waals surface area (Å²) in [5.41, 5.74) is 2.11. The Labute approximate surface area is 184 Å². The Morgan fingerprint density at radius 3 is 2.40 bits per heavy atom. The molecule has 2 aromatic rings. The topological polar surface area (TPSA) is 58.6 Å². The van der Waals surface area contributed by atoms with Crippen LogP contribution in [0.15, 0.2) is 54.6 Å². The van der Waals surface area contributed by atoms with Crippen molar-refractivity contribution in [3.8, 4) is 5.75 Å². The average molecular weight is 429 g/mol. The number of hydrogen-bond acceptors (Lipinski definition) is 4. The summed E-state index contributed by atoms with van der Waals surface area (Å²) >= 11 is 1.56. The van der Waals surface area contributed by atoms with Crippen molar-refractivity contribution in [3.05, 3.63) is 65.7 Å². The number of amides is 2. The number of nitrogens with one attached hydrogen (secondary N) is 1. The molecular weight excluding hydrogens is 396 g/mol. The van der Waals surface area contributed by atoms with Gasteiger partial charge in [0.15, 0.2) is 0 Å². The summed E-state index contributed by atoms with van der Waals surface area (Å²) in [6, 6.07) is 17.1. The second-order valence-corrected chi connectivity index (χ2v) is 8.65. The maximum Gasteiger partial charge on any atom is 0.242 e. The Morgan fingerprint density at radius 2 is 1.73 bits per heavy atom. The molecule has 1 N–H and O–H groups in total. The monoisotopic (exact) mass is 428 g/mol. The van der Waals surface area contributed by atoms with E-state index in [4.69, 9.17) is 4.74 Å². The Bertz CT molecular complexity index is 811. The second-order valence-electron chi connectivity index (χ2n) is 7.67. The van der Waals surface area contributed by atoms with Crippen molar-refractivity contribution in [2.75, 3.05) is 19.4 Å². The Morgan fingerprint density at radius 1 is 1.03 bits per heavy atom. The van der Waals surface area contributed by atoms with Gasteiger partial charge in [-0.25, -0.2) is 0 Å². The summed E-state index contributed by atoms with van der Waals surface area (Å²) in [6.45, 7) is 6.83. The van der Waals surface area contributed by atoms with Crippen molar-refractivity contribution in [2.24, 2.45) is 5.92 Å². The van der Waals surface area contributed by atoms with Crippen LogP contribution in [0.25, 0.3) is 0 Å². The molecular formula is C24H32N2O3S. The highest BCUT2D eigenvalue weighted by molar-refractivity contribution is 7.99. The van der Waals surface area contributed by atoms with E-state index in [0.29, 0.717) is 24.8 Å². The minimum absolute atomic E-state index is 0.0500. The lowest BCUT2D eigenvalue weighted by molar-refractivity contribution is -0.138. The van der Waals surface area contributed by atoms with Gasteiger partial charge in [0.2, 0.25) is 11.8 Å². The molecule has 0 aliphatic rings. The molecule has 2 rings (SSSR count). The van der Waals surface area contributed by atoms with E-state index in [1.807, 2.05) is 68.4 Å². The number of nitrogens with zero attached hydrogens (tertiary/aromatic N) is 1. The molecule has 1 atom stereocenters. The molecule has 6 heteroatoms. The Balaban J connectivity index is 2.08. The van der Waals surface area contributed by atoms with E-state index in [1.165, 1.54) is 5.56 Å². The zero-order valence-electron chi connectivity index (χ0n) is 18.3. The van der Waals surface area contributed by atoms with E-state index < -0.39 is 6.04 Å². The van der Waals surface area contributed by atoms with Crippen LogP contribution in [-0.2, 0) is 21.9 Å². The zero-order chi connectivity index (χ0) is 21.9. The van der Waals surface area contributed by atoms with Gasteiger partial charge in [-0.2, -0.15) is 0 Å². The van der Waals surface area contributed by atoms with Crippen LogP contribution in [0.5, 0.6) is 5.75 Å². The van der Waals surface area contributed by atoms with Gasteiger partial charge in [0.1, 0.15) is 11.8 Å². The molecule has 162 valence electrons. The van der Waals surface area contributed by atoms with E-state index in [9.17, 15) is 9.59 Å². The lowest BCUT2D eigenvalue weighted by Gasteiger charge is -2.29.